The summed E-state index contributed by atoms with van der Waals surface area (Å²) < 4.78 is 12.6. The van der Waals surface area contributed by atoms with Crippen molar-refractivity contribution in [1.82, 2.24) is 15.0 Å². The van der Waals surface area contributed by atoms with Crippen molar-refractivity contribution in [2.45, 2.75) is 5.92 Å². The Kier molecular flexibility index (Phi) is 3.99. The molecular formula is C21H15N3O2S2. The van der Waals surface area contributed by atoms with E-state index in [0.29, 0.717) is 15.3 Å². The number of pyridine rings is 1. The highest BCUT2D eigenvalue weighted by molar-refractivity contribution is 7.72. The van der Waals surface area contributed by atoms with Gasteiger partial charge in [-0.3, -0.25) is 4.98 Å². The third-order valence-corrected chi connectivity index (χ3v) is 5.48. The summed E-state index contributed by atoms with van der Waals surface area (Å²) in [5.41, 5.74) is 3.75. The standard InChI is InChI=1S/C21H15N3O2S2/c1-25-13-7-4-11(5-8-13)15-14-9-6-12-3-2-10-22-17(12)18(14)26-19-16(15)20(27)24-21(28)23-19/h2-10,15H,1H3,(H2,23,24,27,28). The maximum absolute atomic E-state index is 6.25. The first-order chi connectivity index (χ1) is 13.7. The number of hydrogen-bond acceptors (Lipinski definition) is 5. The van der Waals surface area contributed by atoms with Crippen molar-refractivity contribution in [2.75, 3.05) is 7.11 Å². The second-order valence-electron chi connectivity index (χ2n) is 6.52. The minimum atomic E-state index is -0.119. The van der Waals surface area contributed by atoms with Crippen molar-refractivity contribution < 1.29 is 9.47 Å². The van der Waals surface area contributed by atoms with Crippen molar-refractivity contribution in [2.24, 2.45) is 0 Å². The molecule has 0 saturated carbocycles. The zero-order valence-corrected chi connectivity index (χ0v) is 16.5. The van der Waals surface area contributed by atoms with Gasteiger partial charge in [-0.15, -0.1) is 0 Å². The van der Waals surface area contributed by atoms with Crippen LogP contribution in [0.4, 0.5) is 0 Å². The van der Waals surface area contributed by atoms with Crippen LogP contribution in [0.25, 0.3) is 10.9 Å². The average molecular weight is 406 g/mol. The first-order valence-corrected chi connectivity index (χ1v) is 9.53. The van der Waals surface area contributed by atoms with Crippen LogP contribution >= 0.6 is 24.4 Å². The number of ether oxygens (including phenoxy) is 2. The minimum absolute atomic E-state index is 0.119. The second-order valence-corrected chi connectivity index (χ2v) is 7.33. The Bertz CT molecular complexity index is 1330. The van der Waals surface area contributed by atoms with E-state index in [-0.39, 0.29) is 5.92 Å². The number of nitrogens with zero attached hydrogens (tertiary/aromatic N) is 1. The predicted molar refractivity (Wildman–Crippen MR) is 113 cm³/mol. The Labute approximate surface area is 171 Å². The molecule has 3 heterocycles. The molecular weight excluding hydrogens is 390 g/mol. The zero-order chi connectivity index (χ0) is 19.3. The van der Waals surface area contributed by atoms with E-state index in [1.54, 1.807) is 13.3 Å². The van der Waals surface area contributed by atoms with E-state index in [0.717, 1.165) is 39.1 Å². The van der Waals surface area contributed by atoms with Gasteiger partial charge in [0.2, 0.25) is 5.88 Å². The molecule has 0 bridgehead atoms. The van der Waals surface area contributed by atoms with Crippen molar-refractivity contribution in [1.29, 1.82) is 0 Å². The van der Waals surface area contributed by atoms with E-state index in [4.69, 9.17) is 33.9 Å². The zero-order valence-electron chi connectivity index (χ0n) is 14.9. The van der Waals surface area contributed by atoms with Crippen LogP contribution in [0.1, 0.15) is 22.6 Å². The number of fused-ring (bicyclic) bond motifs is 4. The number of aromatic amines is 2. The van der Waals surface area contributed by atoms with Gasteiger partial charge in [0.15, 0.2) is 10.5 Å². The summed E-state index contributed by atoms with van der Waals surface area (Å²) in [6, 6.07) is 16.0. The number of aromatic nitrogens is 3. The van der Waals surface area contributed by atoms with Gasteiger partial charge < -0.3 is 19.4 Å². The lowest BCUT2D eigenvalue weighted by Gasteiger charge is -2.28. The molecule has 4 aromatic rings. The molecule has 1 atom stereocenters. The van der Waals surface area contributed by atoms with Crippen LogP contribution in [0.3, 0.4) is 0 Å². The quantitative estimate of drug-likeness (QED) is 0.372. The summed E-state index contributed by atoms with van der Waals surface area (Å²) in [5, 5.41) is 1.01. The van der Waals surface area contributed by atoms with Crippen LogP contribution in [0.5, 0.6) is 17.4 Å². The van der Waals surface area contributed by atoms with Gasteiger partial charge in [0, 0.05) is 23.1 Å². The molecule has 1 unspecified atom stereocenters. The van der Waals surface area contributed by atoms with E-state index in [2.05, 4.69) is 27.1 Å². The molecule has 2 N–H and O–H groups in total. The fourth-order valence-electron chi connectivity index (χ4n) is 3.69. The molecule has 0 saturated heterocycles. The molecule has 1 aliphatic heterocycles. The van der Waals surface area contributed by atoms with Crippen molar-refractivity contribution in [3.8, 4) is 17.4 Å². The van der Waals surface area contributed by atoms with Crippen LogP contribution < -0.4 is 9.47 Å². The predicted octanol–water partition coefficient (Wildman–Crippen LogP) is 5.64. The summed E-state index contributed by atoms with van der Waals surface area (Å²) >= 11 is 10.9. The van der Waals surface area contributed by atoms with E-state index in [1.807, 2.05) is 36.4 Å². The fourth-order valence-corrected chi connectivity index (χ4v) is 4.26. The SMILES string of the molecule is COc1ccc(C2c3ccc4cccnc4c3Oc3[nH]c(=S)[nH]c(=S)c32)cc1. The average Bonchev–Trinajstić information content (AvgIpc) is 2.72. The lowest BCUT2D eigenvalue weighted by Crippen LogP contribution is -2.15. The van der Waals surface area contributed by atoms with Gasteiger partial charge in [-0.1, -0.05) is 42.5 Å². The summed E-state index contributed by atoms with van der Waals surface area (Å²) in [4.78, 5) is 10.7. The number of methoxy groups -OCH3 is 1. The normalized spacial score (nSPS) is 14.8. The highest BCUT2D eigenvalue weighted by Crippen LogP contribution is 2.48. The molecule has 138 valence electrons. The number of H-pyrrole nitrogens is 2. The Morgan fingerprint density at radius 3 is 2.64 bits per heavy atom. The first-order valence-electron chi connectivity index (χ1n) is 8.71. The van der Waals surface area contributed by atoms with E-state index in [9.17, 15) is 0 Å². The molecule has 0 spiro atoms. The van der Waals surface area contributed by atoms with Crippen LogP contribution in [0.15, 0.2) is 54.7 Å². The number of benzene rings is 2. The summed E-state index contributed by atoms with van der Waals surface area (Å²) in [6.45, 7) is 0. The van der Waals surface area contributed by atoms with Crippen LogP contribution in [0.2, 0.25) is 0 Å². The Hall–Kier alpha value is -3.03. The van der Waals surface area contributed by atoms with Crippen molar-refractivity contribution in [3.05, 3.63) is 80.8 Å². The third kappa shape index (κ3) is 2.63. The molecule has 5 rings (SSSR count). The Balaban J connectivity index is 1.83. The van der Waals surface area contributed by atoms with E-state index >= 15 is 0 Å². The van der Waals surface area contributed by atoms with Gasteiger partial charge in [-0.2, -0.15) is 0 Å². The molecule has 0 radical (unpaired) electrons. The minimum Gasteiger partial charge on any atom is -0.497 e. The summed E-state index contributed by atoms with van der Waals surface area (Å²) in [5.74, 6) is 1.96. The molecule has 2 aromatic heterocycles. The molecule has 0 fully saturated rings. The summed E-state index contributed by atoms with van der Waals surface area (Å²) in [7, 11) is 1.66. The lowest BCUT2D eigenvalue weighted by molar-refractivity contribution is 0.414. The fraction of sp³-hybridized carbons (Fsp3) is 0.0952. The summed E-state index contributed by atoms with van der Waals surface area (Å²) in [6.07, 6.45) is 1.77. The third-order valence-electron chi connectivity index (χ3n) is 4.95. The van der Waals surface area contributed by atoms with Crippen LogP contribution in [0, 0.1) is 9.41 Å². The van der Waals surface area contributed by atoms with Gasteiger partial charge in [0.05, 0.1) is 12.7 Å². The molecule has 1 aliphatic rings. The lowest BCUT2D eigenvalue weighted by atomic mass is 9.83. The number of rotatable bonds is 2. The first kappa shape index (κ1) is 17.1. The molecule has 0 amide bonds. The highest BCUT2D eigenvalue weighted by Gasteiger charge is 2.32. The van der Waals surface area contributed by atoms with Gasteiger partial charge in [-0.05, 0) is 36.0 Å². The monoisotopic (exact) mass is 405 g/mol. The number of hydrogen-bond donors (Lipinski definition) is 2. The maximum atomic E-state index is 6.25. The maximum Gasteiger partial charge on any atom is 0.206 e. The van der Waals surface area contributed by atoms with E-state index in [1.165, 1.54) is 0 Å². The largest absolute Gasteiger partial charge is 0.497 e. The molecule has 28 heavy (non-hydrogen) atoms. The highest BCUT2D eigenvalue weighted by atomic mass is 32.1. The molecule has 5 nitrogen and oxygen atoms in total. The van der Waals surface area contributed by atoms with Crippen molar-refractivity contribution >= 4 is 35.3 Å². The Morgan fingerprint density at radius 1 is 1.04 bits per heavy atom. The van der Waals surface area contributed by atoms with Crippen LogP contribution in [-0.4, -0.2) is 22.1 Å². The van der Waals surface area contributed by atoms with E-state index < -0.39 is 0 Å². The number of nitrogens with one attached hydrogen (secondary N) is 2. The van der Waals surface area contributed by atoms with Gasteiger partial charge in [-0.25, -0.2) is 0 Å². The smallest absolute Gasteiger partial charge is 0.206 e. The molecule has 7 heteroatoms. The van der Waals surface area contributed by atoms with Crippen molar-refractivity contribution in [3.63, 3.8) is 0 Å². The topological polar surface area (TPSA) is 62.9 Å². The molecule has 0 aliphatic carbocycles. The van der Waals surface area contributed by atoms with Crippen LogP contribution in [-0.2, 0) is 0 Å². The molecule has 2 aromatic carbocycles. The van der Waals surface area contributed by atoms with Gasteiger partial charge >= 0.3 is 0 Å². The van der Waals surface area contributed by atoms with Gasteiger partial charge in [0.1, 0.15) is 15.9 Å². The second kappa shape index (κ2) is 6.54. The van der Waals surface area contributed by atoms with Gasteiger partial charge in [0.25, 0.3) is 0 Å². The Morgan fingerprint density at radius 2 is 1.86 bits per heavy atom.